The highest BCUT2D eigenvalue weighted by atomic mass is 79.9. The minimum atomic E-state index is -1.83. The lowest BCUT2D eigenvalue weighted by atomic mass is 9.78. The topological polar surface area (TPSA) is 163 Å². The van der Waals surface area contributed by atoms with Gasteiger partial charge in [0.2, 0.25) is 0 Å². The molecule has 0 unspecified atom stereocenters. The number of hydrogen-bond donors (Lipinski definition) is 4. The zero-order valence-corrected chi connectivity index (χ0v) is 36.3. The van der Waals surface area contributed by atoms with Gasteiger partial charge in [-0.15, -0.1) is 0 Å². The van der Waals surface area contributed by atoms with Crippen molar-refractivity contribution in [2.24, 2.45) is 17.8 Å². The van der Waals surface area contributed by atoms with E-state index in [2.05, 4.69) is 22.5 Å². The SMILES string of the molecule is C=C(Br)C[N+](C)(C)[C@H]1C[C@@H](C)O[C@@H](O[C@@H]2[C@@H](C)[C@H](O[C@H]3C[C@@](C)(OC)[C@@H](O)[C@H](C)O3)[C@@H](C)C(=O)O[C@H](CC)[C@@](C)(O)[C@H](O)[C@@H](C)C3=C(C)C[C@@]2(C)O3)[C@@H]1O. The Bertz CT molecular complexity index is 1380. The summed E-state index contributed by atoms with van der Waals surface area (Å²) in [5.74, 6) is -2.40. The Labute approximate surface area is 331 Å². The lowest BCUT2D eigenvalue weighted by Crippen LogP contribution is -2.64. The van der Waals surface area contributed by atoms with E-state index >= 15 is 0 Å². The van der Waals surface area contributed by atoms with Gasteiger partial charge in [-0.05, 0) is 60.5 Å². The summed E-state index contributed by atoms with van der Waals surface area (Å²) in [5, 5.41) is 46.5. The summed E-state index contributed by atoms with van der Waals surface area (Å²) in [4.78, 5) is 14.2. The largest absolute Gasteiger partial charge is 0.489 e. The van der Waals surface area contributed by atoms with Crippen molar-refractivity contribution >= 4 is 21.9 Å². The van der Waals surface area contributed by atoms with Gasteiger partial charge < -0.3 is 58.1 Å². The molecular weight excluding hydrogens is 766 g/mol. The maximum absolute atomic E-state index is 14.2. The zero-order valence-electron chi connectivity index (χ0n) is 34.7. The van der Waals surface area contributed by atoms with Crippen molar-refractivity contribution in [1.29, 1.82) is 0 Å². The van der Waals surface area contributed by atoms with Crippen LogP contribution < -0.4 is 0 Å². The van der Waals surface area contributed by atoms with E-state index in [-0.39, 0.29) is 25.0 Å². The molecule has 54 heavy (non-hydrogen) atoms. The molecule has 3 fully saturated rings. The molecule has 0 aromatic rings. The molecule has 13 nitrogen and oxygen atoms in total. The molecule has 2 bridgehead atoms. The molecule has 0 amide bonds. The van der Waals surface area contributed by atoms with E-state index in [1.54, 1.807) is 34.6 Å². The molecule has 0 saturated carbocycles. The first kappa shape index (κ1) is 45.5. The Kier molecular flexibility index (Phi) is 14.3. The standard InChI is InChI=1S/C40H69BrNO12/c1-15-28-40(11,47)33(44)23(5)31-20(2)17-39(10,54-31)35(53-37-30(43)27(16-22(4)49-37)42(12,13)19-21(3)41)24(6)32(25(7)36(46)51-28)52-29-18-38(9,48-14)34(45)26(8)50-29/h22-30,32-35,37,43-45,47H,3,15-19H2,1-2,4-14H3/q+1/t22-,23+,24+,25-,26+,27+,28-,29+,30-,32+,33-,34+,35-,37+,38-,39-,40-/m1/s1. The van der Waals surface area contributed by atoms with E-state index in [1.165, 1.54) is 14.0 Å². The predicted octanol–water partition coefficient (Wildman–Crippen LogP) is 4.32. The molecule has 4 aliphatic rings. The first-order chi connectivity index (χ1) is 24.8. The van der Waals surface area contributed by atoms with E-state index in [0.29, 0.717) is 29.6 Å². The minimum Gasteiger partial charge on any atom is -0.489 e. The second kappa shape index (κ2) is 17.0. The van der Waals surface area contributed by atoms with E-state index in [1.807, 2.05) is 41.8 Å². The van der Waals surface area contributed by atoms with E-state index in [4.69, 9.17) is 33.2 Å². The van der Waals surface area contributed by atoms with Gasteiger partial charge in [-0.1, -0.05) is 43.3 Å². The average Bonchev–Trinajstić information content (AvgIpc) is 3.40. The highest BCUT2D eigenvalue weighted by Gasteiger charge is 2.57. The number of likely N-dealkylation sites (N-methyl/N-ethyl adjacent to an activating group) is 1. The van der Waals surface area contributed by atoms with Gasteiger partial charge in [-0.3, -0.25) is 4.79 Å². The fourth-order valence-corrected chi connectivity index (χ4v) is 10.1. The third-order valence-electron chi connectivity index (χ3n) is 12.8. The van der Waals surface area contributed by atoms with Gasteiger partial charge in [-0.2, -0.15) is 0 Å². The van der Waals surface area contributed by atoms with Gasteiger partial charge in [0.05, 0.1) is 50.0 Å². The van der Waals surface area contributed by atoms with Crippen molar-refractivity contribution in [3.05, 3.63) is 22.4 Å². The number of esters is 1. The highest BCUT2D eigenvalue weighted by Crippen LogP contribution is 2.47. The summed E-state index contributed by atoms with van der Waals surface area (Å²) in [6.07, 6.45) is -7.73. The number of halogens is 1. The minimum absolute atomic E-state index is 0.162. The summed E-state index contributed by atoms with van der Waals surface area (Å²) in [6, 6.07) is -0.273. The fourth-order valence-electron chi connectivity index (χ4n) is 9.47. The molecule has 14 heteroatoms. The first-order valence-corrected chi connectivity index (χ1v) is 20.3. The lowest BCUT2D eigenvalue weighted by molar-refractivity contribution is -0.916. The number of rotatable bonds is 9. The Morgan fingerprint density at radius 2 is 1.65 bits per heavy atom. The van der Waals surface area contributed by atoms with Crippen LogP contribution in [0.5, 0.6) is 0 Å². The van der Waals surface area contributed by atoms with E-state index in [9.17, 15) is 25.2 Å². The van der Waals surface area contributed by atoms with Crippen LogP contribution in [-0.2, 0) is 38.0 Å². The van der Waals surface area contributed by atoms with Gasteiger partial charge in [0.25, 0.3) is 0 Å². The molecule has 0 spiro atoms. The monoisotopic (exact) mass is 834 g/mol. The molecule has 3 saturated heterocycles. The summed E-state index contributed by atoms with van der Waals surface area (Å²) in [6.45, 7) is 22.6. The van der Waals surface area contributed by atoms with Crippen LogP contribution in [0, 0.1) is 17.8 Å². The Morgan fingerprint density at radius 1 is 1.02 bits per heavy atom. The zero-order chi connectivity index (χ0) is 40.9. The maximum Gasteiger partial charge on any atom is 0.311 e. The van der Waals surface area contributed by atoms with Crippen LogP contribution in [0.25, 0.3) is 0 Å². The molecule has 0 aromatic carbocycles. The first-order valence-electron chi connectivity index (χ1n) is 19.5. The van der Waals surface area contributed by atoms with Gasteiger partial charge in [0, 0.05) is 42.7 Å². The Hall–Kier alpha value is -1.17. The smallest absolute Gasteiger partial charge is 0.311 e. The lowest BCUT2D eigenvalue weighted by Gasteiger charge is -2.50. The number of nitrogens with zero attached hydrogens (tertiary/aromatic N) is 1. The van der Waals surface area contributed by atoms with Crippen LogP contribution in [0.3, 0.4) is 0 Å². The second-order valence-electron chi connectivity index (χ2n) is 17.8. The predicted molar refractivity (Wildman–Crippen MR) is 205 cm³/mol. The number of fused-ring (bicyclic) bond motifs is 2. The number of ether oxygens (including phenoxy) is 7. The summed E-state index contributed by atoms with van der Waals surface area (Å²) in [7, 11) is 5.60. The van der Waals surface area contributed by atoms with Gasteiger partial charge in [0.15, 0.2) is 18.7 Å². The van der Waals surface area contributed by atoms with Crippen molar-refractivity contribution < 1.29 is 62.9 Å². The average molecular weight is 836 g/mol. The summed E-state index contributed by atoms with van der Waals surface area (Å²) < 4.78 is 46.3. The van der Waals surface area contributed by atoms with Crippen LogP contribution in [0.4, 0.5) is 0 Å². The van der Waals surface area contributed by atoms with Crippen LogP contribution in [0.15, 0.2) is 22.4 Å². The van der Waals surface area contributed by atoms with Crippen molar-refractivity contribution in [3.8, 4) is 0 Å². The molecule has 4 aliphatic heterocycles. The van der Waals surface area contributed by atoms with Crippen molar-refractivity contribution in [2.75, 3.05) is 27.7 Å². The summed E-state index contributed by atoms with van der Waals surface area (Å²) >= 11 is 3.50. The van der Waals surface area contributed by atoms with Crippen LogP contribution in [-0.4, -0.2) is 143 Å². The molecule has 17 atom stereocenters. The van der Waals surface area contributed by atoms with Crippen LogP contribution >= 0.6 is 15.9 Å². The second-order valence-corrected chi connectivity index (χ2v) is 19.0. The third kappa shape index (κ3) is 9.09. The molecule has 0 aliphatic carbocycles. The fraction of sp³-hybridized carbons (Fsp3) is 0.875. The molecule has 4 heterocycles. The molecule has 4 N–H and O–H groups in total. The highest BCUT2D eigenvalue weighted by molar-refractivity contribution is 9.11. The Morgan fingerprint density at radius 3 is 2.22 bits per heavy atom. The van der Waals surface area contributed by atoms with Gasteiger partial charge in [-0.25, -0.2) is 0 Å². The number of carbonyl (C=O) groups excluding carboxylic acids is 1. The number of carbonyl (C=O) groups is 1. The number of aliphatic hydroxyl groups excluding tert-OH is 3. The van der Waals surface area contributed by atoms with E-state index in [0.717, 1.165) is 10.1 Å². The molecule has 312 valence electrons. The number of quaternary nitrogens is 1. The Balaban J connectivity index is 1.85. The molecule has 0 aromatic heterocycles. The summed E-state index contributed by atoms with van der Waals surface area (Å²) in [5.41, 5.74) is -3.07. The quantitative estimate of drug-likeness (QED) is 0.193. The van der Waals surface area contributed by atoms with Crippen molar-refractivity contribution in [3.63, 3.8) is 0 Å². The molecule has 0 radical (unpaired) electrons. The number of hydrogen-bond acceptors (Lipinski definition) is 12. The van der Waals surface area contributed by atoms with Crippen molar-refractivity contribution in [2.45, 2.75) is 179 Å². The van der Waals surface area contributed by atoms with Gasteiger partial charge in [0.1, 0.15) is 47.9 Å². The van der Waals surface area contributed by atoms with Crippen molar-refractivity contribution in [1.82, 2.24) is 0 Å². The maximum atomic E-state index is 14.2. The van der Waals surface area contributed by atoms with E-state index < -0.39 is 95.8 Å². The number of methoxy groups -OCH3 is 1. The third-order valence-corrected chi connectivity index (χ3v) is 13.0. The van der Waals surface area contributed by atoms with Crippen LogP contribution in [0.1, 0.15) is 94.9 Å². The number of aliphatic hydroxyl groups is 4. The molecule has 4 rings (SSSR count). The van der Waals surface area contributed by atoms with Crippen LogP contribution in [0.2, 0.25) is 0 Å². The normalized spacial score (nSPS) is 46.9. The number of cyclic esters (lactones) is 1. The van der Waals surface area contributed by atoms with Gasteiger partial charge >= 0.3 is 5.97 Å². The molecular formula is C40H69BrNO12+.